The normalized spacial score (nSPS) is 17.2. The van der Waals surface area contributed by atoms with Crippen LogP contribution in [-0.2, 0) is 11.3 Å². The van der Waals surface area contributed by atoms with Crippen LogP contribution in [0.2, 0.25) is 0 Å². The summed E-state index contributed by atoms with van der Waals surface area (Å²) in [6.07, 6.45) is 4.12. The SMILES string of the molecule is NC(=O)Cn1ccc(NC2CCSCC2)n1. The van der Waals surface area contributed by atoms with Gasteiger partial charge in [0.2, 0.25) is 5.91 Å². The lowest BCUT2D eigenvalue weighted by Crippen LogP contribution is -2.25. The Morgan fingerprint density at radius 2 is 2.38 bits per heavy atom. The molecule has 3 N–H and O–H groups in total. The molecule has 1 aliphatic heterocycles. The summed E-state index contributed by atoms with van der Waals surface area (Å²) in [6.45, 7) is 0.141. The summed E-state index contributed by atoms with van der Waals surface area (Å²) in [5.74, 6) is 2.88. The van der Waals surface area contributed by atoms with Crippen LogP contribution in [0.3, 0.4) is 0 Å². The number of primary amides is 1. The average Bonchev–Trinajstić information content (AvgIpc) is 2.66. The van der Waals surface area contributed by atoms with Gasteiger partial charge in [-0.3, -0.25) is 9.48 Å². The number of anilines is 1. The Bertz CT molecular complexity index is 359. The lowest BCUT2D eigenvalue weighted by Gasteiger charge is -2.22. The second-order valence-corrected chi connectivity index (χ2v) is 5.12. The van der Waals surface area contributed by atoms with Crippen molar-refractivity contribution in [1.82, 2.24) is 9.78 Å². The molecule has 1 fully saturated rings. The molecule has 0 spiro atoms. The van der Waals surface area contributed by atoms with Gasteiger partial charge in [-0.1, -0.05) is 0 Å². The smallest absolute Gasteiger partial charge is 0.239 e. The molecule has 88 valence electrons. The number of rotatable bonds is 4. The van der Waals surface area contributed by atoms with Crippen molar-refractivity contribution in [3.8, 4) is 0 Å². The van der Waals surface area contributed by atoms with Crippen LogP contribution >= 0.6 is 11.8 Å². The van der Waals surface area contributed by atoms with E-state index in [2.05, 4.69) is 10.4 Å². The third-order valence-electron chi connectivity index (χ3n) is 2.53. The third-order valence-corrected chi connectivity index (χ3v) is 3.58. The van der Waals surface area contributed by atoms with E-state index in [0.717, 1.165) is 5.82 Å². The fourth-order valence-electron chi connectivity index (χ4n) is 1.74. The van der Waals surface area contributed by atoms with Crippen LogP contribution in [0.5, 0.6) is 0 Å². The third kappa shape index (κ3) is 3.16. The van der Waals surface area contributed by atoms with Gasteiger partial charge in [0, 0.05) is 18.3 Å². The van der Waals surface area contributed by atoms with Gasteiger partial charge in [0.15, 0.2) is 0 Å². The van der Waals surface area contributed by atoms with E-state index in [1.165, 1.54) is 24.3 Å². The van der Waals surface area contributed by atoms with E-state index in [4.69, 9.17) is 5.73 Å². The van der Waals surface area contributed by atoms with E-state index in [9.17, 15) is 4.79 Å². The Balaban J connectivity index is 1.88. The van der Waals surface area contributed by atoms with Crippen LogP contribution in [0.4, 0.5) is 5.82 Å². The van der Waals surface area contributed by atoms with Crippen molar-refractivity contribution in [3.05, 3.63) is 12.3 Å². The van der Waals surface area contributed by atoms with E-state index < -0.39 is 0 Å². The fraction of sp³-hybridized carbons (Fsp3) is 0.600. The molecule has 0 aromatic carbocycles. The average molecular weight is 240 g/mol. The maximum atomic E-state index is 10.7. The minimum atomic E-state index is -0.372. The number of aromatic nitrogens is 2. The van der Waals surface area contributed by atoms with Crippen molar-refractivity contribution >= 4 is 23.5 Å². The summed E-state index contributed by atoms with van der Waals surface area (Å²) in [5, 5.41) is 7.62. The second-order valence-electron chi connectivity index (χ2n) is 3.90. The predicted octanol–water partition coefficient (Wildman–Crippen LogP) is 0.676. The summed E-state index contributed by atoms with van der Waals surface area (Å²) in [4.78, 5) is 10.7. The molecule has 5 nitrogen and oxygen atoms in total. The molecular weight excluding hydrogens is 224 g/mol. The summed E-state index contributed by atoms with van der Waals surface area (Å²) in [7, 11) is 0. The first-order valence-electron chi connectivity index (χ1n) is 5.40. The number of nitrogens with two attached hydrogens (primary N) is 1. The number of carbonyl (C=O) groups is 1. The van der Waals surface area contributed by atoms with E-state index in [-0.39, 0.29) is 12.5 Å². The maximum Gasteiger partial charge on any atom is 0.239 e. The van der Waals surface area contributed by atoms with Crippen LogP contribution in [0, 0.1) is 0 Å². The van der Waals surface area contributed by atoms with E-state index in [1.54, 1.807) is 10.9 Å². The van der Waals surface area contributed by atoms with Gasteiger partial charge in [0.25, 0.3) is 0 Å². The standard InChI is InChI=1S/C10H16N4OS/c11-9(15)7-14-4-1-10(13-14)12-8-2-5-16-6-3-8/h1,4,8H,2-3,5-7H2,(H2,11,15)(H,12,13). The highest BCUT2D eigenvalue weighted by molar-refractivity contribution is 7.99. The van der Waals surface area contributed by atoms with Gasteiger partial charge in [-0.05, 0) is 24.3 Å². The molecule has 1 aliphatic rings. The van der Waals surface area contributed by atoms with Gasteiger partial charge in [-0.25, -0.2) is 0 Å². The molecule has 1 saturated heterocycles. The molecule has 0 unspecified atom stereocenters. The fourth-order valence-corrected chi connectivity index (χ4v) is 2.84. The highest BCUT2D eigenvalue weighted by Gasteiger charge is 2.14. The Kier molecular flexibility index (Phi) is 3.71. The Labute approximate surface area is 98.8 Å². The van der Waals surface area contributed by atoms with Gasteiger partial charge in [-0.2, -0.15) is 16.9 Å². The first-order chi connectivity index (χ1) is 7.74. The van der Waals surface area contributed by atoms with Gasteiger partial charge in [-0.15, -0.1) is 0 Å². The van der Waals surface area contributed by atoms with Gasteiger partial charge >= 0.3 is 0 Å². The lowest BCUT2D eigenvalue weighted by atomic mass is 10.1. The lowest BCUT2D eigenvalue weighted by molar-refractivity contribution is -0.118. The van der Waals surface area contributed by atoms with E-state index >= 15 is 0 Å². The van der Waals surface area contributed by atoms with Crippen LogP contribution in [0.15, 0.2) is 12.3 Å². The molecule has 0 bridgehead atoms. The molecule has 16 heavy (non-hydrogen) atoms. The van der Waals surface area contributed by atoms with Gasteiger partial charge in [0.05, 0.1) is 0 Å². The number of nitrogens with zero attached hydrogens (tertiary/aromatic N) is 2. The van der Waals surface area contributed by atoms with Crippen LogP contribution in [0.25, 0.3) is 0 Å². The largest absolute Gasteiger partial charge is 0.368 e. The zero-order chi connectivity index (χ0) is 11.4. The summed E-state index contributed by atoms with van der Waals surface area (Å²) >= 11 is 2.00. The van der Waals surface area contributed by atoms with E-state index in [0.29, 0.717) is 6.04 Å². The Morgan fingerprint density at radius 1 is 1.62 bits per heavy atom. The van der Waals surface area contributed by atoms with Crippen molar-refractivity contribution in [2.75, 3.05) is 16.8 Å². The number of hydrogen-bond donors (Lipinski definition) is 2. The molecule has 0 saturated carbocycles. The Hall–Kier alpha value is -1.17. The topological polar surface area (TPSA) is 72.9 Å². The first kappa shape index (κ1) is 11.3. The van der Waals surface area contributed by atoms with Crippen molar-refractivity contribution in [1.29, 1.82) is 0 Å². The molecular formula is C10H16N4OS. The monoisotopic (exact) mass is 240 g/mol. The summed E-state index contributed by atoms with van der Waals surface area (Å²) in [6, 6.07) is 2.39. The zero-order valence-corrected chi connectivity index (χ0v) is 9.87. The van der Waals surface area contributed by atoms with Gasteiger partial charge < -0.3 is 11.1 Å². The molecule has 0 radical (unpaired) electrons. The molecule has 1 amide bonds. The molecule has 0 aliphatic carbocycles. The second kappa shape index (κ2) is 5.25. The summed E-state index contributed by atoms with van der Waals surface area (Å²) < 4.78 is 1.56. The number of amides is 1. The number of thioether (sulfide) groups is 1. The highest BCUT2D eigenvalue weighted by Crippen LogP contribution is 2.19. The highest BCUT2D eigenvalue weighted by atomic mass is 32.2. The minimum absolute atomic E-state index is 0.141. The van der Waals surface area contributed by atoms with Crippen molar-refractivity contribution in [2.45, 2.75) is 25.4 Å². The summed E-state index contributed by atoms with van der Waals surface area (Å²) in [5.41, 5.74) is 5.10. The molecule has 6 heteroatoms. The predicted molar refractivity (Wildman–Crippen MR) is 65.4 cm³/mol. The van der Waals surface area contributed by atoms with Crippen LogP contribution < -0.4 is 11.1 Å². The minimum Gasteiger partial charge on any atom is -0.368 e. The number of nitrogens with one attached hydrogen (secondary N) is 1. The van der Waals surface area contributed by atoms with E-state index in [1.807, 2.05) is 17.8 Å². The molecule has 0 atom stereocenters. The molecule has 1 aromatic rings. The quantitative estimate of drug-likeness (QED) is 0.811. The molecule has 1 aromatic heterocycles. The van der Waals surface area contributed by atoms with Crippen molar-refractivity contribution < 1.29 is 4.79 Å². The number of carbonyl (C=O) groups excluding carboxylic acids is 1. The maximum absolute atomic E-state index is 10.7. The molecule has 2 heterocycles. The Morgan fingerprint density at radius 3 is 3.06 bits per heavy atom. The zero-order valence-electron chi connectivity index (χ0n) is 9.06. The number of hydrogen-bond acceptors (Lipinski definition) is 4. The molecule has 2 rings (SSSR count). The van der Waals surface area contributed by atoms with Gasteiger partial charge in [0.1, 0.15) is 12.4 Å². The van der Waals surface area contributed by atoms with Crippen LogP contribution in [0.1, 0.15) is 12.8 Å². The van der Waals surface area contributed by atoms with Crippen LogP contribution in [-0.4, -0.2) is 33.2 Å². The van der Waals surface area contributed by atoms with Crippen molar-refractivity contribution in [3.63, 3.8) is 0 Å². The van der Waals surface area contributed by atoms with Crippen molar-refractivity contribution in [2.24, 2.45) is 5.73 Å². The first-order valence-corrected chi connectivity index (χ1v) is 6.55.